The van der Waals surface area contributed by atoms with Crippen LogP contribution in [0.4, 0.5) is 5.69 Å². The minimum absolute atomic E-state index is 0.0526. The summed E-state index contributed by atoms with van der Waals surface area (Å²) in [6.45, 7) is 6.81. The highest BCUT2D eigenvalue weighted by atomic mass is 16.5. The summed E-state index contributed by atoms with van der Waals surface area (Å²) in [4.78, 5) is 18.6. The monoisotopic (exact) mass is 263 g/mol. The van der Waals surface area contributed by atoms with Crippen molar-refractivity contribution >= 4 is 11.6 Å². The van der Waals surface area contributed by atoms with Gasteiger partial charge in [0.05, 0.1) is 36.7 Å². The van der Waals surface area contributed by atoms with Gasteiger partial charge in [-0.15, -0.1) is 0 Å². The molecule has 1 aliphatic heterocycles. The molecule has 1 amide bonds. The topological polar surface area (TPSA) is 54.5 Å². The van der Waals surface area contributed by atoms with Crippen molar-refractivity contribution in [3.63, 3.8) is 0 Å². The number of carbonyl (C=O) groups is 1. The van der Waals surface area contributed by atoms with E-state index >= 15 is 0 Å². The van der Waals surface area contributed by atoms with Gasteiger partial charge < -0.3 is 15.0 Å². The second kappa shape index (κ2) is 6.52. The van der Waals surface area contributed by atoms with Crippen molar-refractivity contribution < 1.29 is 9.53 Å². The van der Waals surface area contributed by atoms with Gasteiger partial charge in [-0.1, -0.05) is 6.92 Å². The fourth-order valence-electron chi connectivity index (χ4n) is 2.17. The first-order chi connectivity index (χ1) is 9.24. The Labute approximate surface area is 114 Å². The molecule has 0 aromatic carbocycles. The van der Waals surface area contributed by atoms with E-state index in [1.807, 2.05) is 11.8 Å². The van der Waals surface area contributed by atoms with E-state index in [-0.39, 0.29) is 11.9 Å². The lowest BCUT2D eigenvalue weighted by Crippen LogP contribution is -2.47. The first kappa shape index (κ1) is 13.8. The Hall–Kier alpha value is -1.62. The molecule has 1 aromatic rings. The SMILES string of the molecule is CCCNc1cnccc1C(=O)N1CCOCC1C. The van der Waals surface area contributed by atoms with Crippen LogP contribution >= 0.6 is 0 Å². The molecule has 19 heavy (non-hydrogen) atoms. The van der Waals surface area contributed by atoms with Crippen LogP contribution in [0, 0.1) is 0 Å². The van der Waals surface area contributed by atoms with Crippen LogP contribution in [0.15, 0.2) is 18.5 Å². The average molecular weight is 263 g/mol. The van der Waals surface area contributed by atoms with Gasteiger partial charge in [-0.3, -0.25) is 9.78 Å². The summed E-state index contributed by atoms with van der Waals surface area (Å²) in [7, 11) is 0. The molecule has 104 valence electrons. The number of hydrogen-bond donors (Lipinski definition) is 1. The minimum atomic E-state index is 0.0526. The average Bonchev–Trinajstić information content (AvgIpc) is 2.45. The lowest BCUT2D eigenvalue weighted by atomic mass is 10.1. The van der Waals surface area contributed by atoms with E-state index in [4.69, 9.17) is 4.74 Å². The molecule has 1 fully saturated rings. The maximum atomic E-state index is 12.6. The van der Waals surface area contributed by atoms with E-state index in [2.05, 4.69) is 17.2 Å². The molecule has 5 nitrogen and oxygen atoms in total. The van der Waals surface area contributed by atoms with Gasteiger partial charge in [0.2, 0.25) is 0 Å². The van der Waals surface area contributed by atoms with Gasteiger partial charge in [-0.25, -0.2) is 0 Å². The summed E-state index contributed by atoms with van der Waals surface area (Å²) in [5, 5.41) is 3.26. The number of ether oxygens (including phenoxy) is 1. The number of morpholine rings is 1. The summed E-state index contributed by atoms with van der Waals surface area (Å²) >= 11 is 0. The highest BCUT2D eigenvalue weighted by Crippen LogP contribution is 2.18. The molecule has 0 bridgehead atoms. The first-order valence-corrected chi connectivity index (χ1v) is 6.80. The van der Waals surface area contributed by atoms with Crippen molar-refractivity contribution in [3.8, 4) is 0 Å². The third kappa shape index (κ3) is 3.23. The number of rotatable bonds is 4. The second-order valence-electron chi connectivity index (χ2n) is 4.77. The molecular weight excluding hydrogens is 242 g/mol. The first-order valence-electron chi connectivity index (χ1n) is 6.80. The van der Waals surface area contributed by atoms with E-state index in [0.29, 0.717) is 25.3 Å². The Morgan fingerprint density at radius 3 is 3.21 bits per heavy atom. The van der Waals surface area contributed by atoms with E-state index in [1.165, 1.54) is 0 Å². The van der Waals surface area contributed by atoms with Crippen LogP contribution in [0.3, 0.4) is 0 Å². The maximum absolute atomic E-state index is 12.6. The van der Waals surface area contributed by atoms with Crippen LogP contribution in [0.25, 0.3) is 0 Å². The van der Waals surface area contributed by atoms with Crippen LogP contribution in [0.1, 0.15) is 30.6 Å². The normalized spacial score (nSPS) is 19.3. The summed E-state index contributed by atoms with van der Waals surface area (Å²) in [6.07, 6.45) is 4.39. The number of hydrogen-bond acceptors (Lipinski definition) is 4. The number of pyridine rings is 1. The number of amides is 1. The van der Waals surface area contributed by atoms with Gasteiger partial charge >= 0.3 is 0 Å². The Morgan fingerprint density at radius 1 is 1.63 bits per heavy atom. The number of nitrogens with one attached hydrogen (secondary N) is 1. The van der Waals surface area contributed by atoms with Crippen LogP contribution in [-0.4, -0.2) is 48.1 Å². The van der Waals surface area contributed by atoms with Crippen molar-refractivity contribution in [2.24, 2.45) is 0 Å². The fourth-order valence-corrected chi connectivity index (χ4v) is 2.17. The summed E-state index contributed by atoms with van der Waals surface area (Å²) in [5.74, 6) is 0.0526. The van der Waals surface area contributed by atoms with Crippen LogP contribution in [0.5, 0.6) is 0 Å². The van der Waals surface area contributed by atoms with Crippen LogP contribution < -0.4 is 5.32 Å². The van der Waals surface area contributed by atoms with E-state index in [1.54, 1.807) is 18.5 Å². The van der Waals surface area contributed by atoms with E-state index in [9.17, 15) is 4.79 Å². The minimum Gasteiger partial charge on any atom is -0.383 e. The van der Waals surface area contributed by atoms with Crippen LogP contribution in [0.2, 0.25) is 0 Å². The standard InChI is InChI=1S/C14H21N3O2/c1-3-5-16-13-9-15-6-4-12(13)14(18)17-7-8-19-10-11(17)2/h4,6,9,11,16H,3,5,7-8,10H2,1-2H3. The molecule has 0 spiro atoms. The van der Waals surface area contributed by atoms with Crippen molar-refractivity contribution in [3.05, 3.63) is 24.0 Å². The maximum Gasteiger partial charge on any atom is 0.256 e. The quantitative estimate of drug-likeness (QED) is 0.899. The summed E-state index contributed by atoms with van der Waals surface area (Å²) in [6, 6.07) is 1.90. The Kier molecular flexibility index (Phi) is 4.74. The molecule has 0 radical (unpaired) electrons. The zero-order valence-corrected chi connectivity index (χ0v) is 11.6. The Balaban J connectivity index is 2.17. The third-order valence-corrected chi connectivity index (χ3v) is 3.25. The van der Waals surface area contributed by atoms with Gasteiger partial charge in [0, 0.05) is 19.3 Å². The van der Waals surface area contributed by atoms with Gasteiger partial charge in [0.25, 0.3) is 5.91 Å². The predicted octanol–water partition coefficient (Wildman–Crippen LogP) is 1.76. The second-order valence-corrected chi connectivity index (χ2v) is 4.77. The predicted molar refractivity (Wildman–Crippen MR) is 74.3 cm³/mol. The zero-order valence-electron chi connectivity index (χ0n) is 11.6. The lowest BCUT2D eigenvalue weighted by Gasteiger charge is -2.33. The molecule has 1 aromatic heterocycles. The number of anilines is 1. The molecule has 1 saturated heterocycles. The van der Waals surface area contributed by atoms with Crippen molar-refractivity contribution in [2.45, 2.75) is 26.3 Å². The molecule has 5 heteroatoms. The Morgan fingerprint density at radius 2 is 2.47 bits per heavy atom. The zero-order chi connectivity index (χ0) is 13.7. The molecule has 2 rings (SSSR count). The van der Waals surface area contributed by atoms with Gasteiger partial charge in [0.15, 0.2) is 0 Å². The largest absolute Gasteiger partial charge is 0.383 e. The summed E-state index contributed by atoms with van der Waals surface area (Å²) in [5.41, 5.74) is 1.50. The molecule has 0 saturated carbocycles. The number of aromatic nitrogens is 1. The van der Waals surface area contributed by atoms with Crippen molar-refractivity contribution in [2.75, 3.05) is 31.6 Å². The molecule has 1 atom stereocenters. The van der Waals surface area contributed by atoms with Crippen LogP contribution in [-0.2, 0) is 4.74 Å². The van der Waals surface area contributed by atoms with Gasteiger partial charge in [-0.2, -0.15) is 0 Å². The molecule has 2 heterocycles. The highest BCUT2D eigenvalue weighted by Gasteiger charge is 2.26. The van der Waals surface area contributed by atoms with Crippen molar-refractivity contribution in [1.29, 1.82) is 0 Å². The summed E-state index contributed by atoms with van der Waals surface area (Å²) < 4.78 is 5.37. The lowest BCUT2D eigenvalue weighted by molar-refractivity contribution is 0.00364. The van der Waals surface area contributed by atoms with Gasteiger partial charge in [-0.05, 0) is 19.4 Å². The molecule has 0 aliphatic carbocycles. The smallest absolute Gasteiger partial charge is 0.256 e. The molecular formula is C14H21N3O2. The van der Waals surface area contributed by atoms with Crippen molar-refractivity contribution in [1.82, 2.24) is 9.88 Å². The third-order valence-electron chi connectivity index (χ3n) is 3.25. The van der Waals surface area contributed by atoms with E-state index < -0.39 is 0 Å². The fraction of sp³-hybridized carbons (Fsp3) is 0.571. The highest BCUT2D eigenvalue weighted by molar-refractivity contribution is 5.99. The number of nitrogens with zero attached hydrogens (tertiary/aromatic N) is 2. The number of carbonyl (C=O) groups excluding carboxylic acids is 1. The molecule has 1 unspecified atom stereocenters. The van der Waals surface area contributed by atoms with E-state index in [0.717, 1.165) is 18.7 Å². The van der Waals surface area contributed by atoms with Gasteiger partial charge in [0.1, 0.15) is 0 Å². The molecule has 1 aliphatic rings. The molecule has 1 N–H and O–H groups in total. The Bertz CT molecular complexity index is 436.